The molecule has 128 valence electrons. The molecular weight excluding hydrogens is 294 g/mol. The molecule has 0 aromatic carbocycles. The number of piperidine rings is 1. The van der Waals surface area contributed by atoms with Crippen molar-refractivity contribution in [1.29, 1.82) is 0 Å². The third-order valence-corrected chi connectivity index (χ3v) is 4.30. The molecule has 1 amide bonds. The van der Waals surface area contributed by atoms with Gasteiger partial charge in [-0.05, 0) is 32.9 Å². The van der Waals surface area contributed by atoms with Gasteiger partial charge < -0.3 is 15.5 Å². The monoisotopic (exact) mass is 321 g/mol. The van der Waals surface area contributed by atoms with E-state index in [-0.39, 0.29) is 23.8 Å². The number of likely N-dealkylation sites (tertiary alicyclic amines) is 1. The second kappa shape index (κ2) is 7.08. The molecule has 1 atom stereocenters. The molecular formula is C15H27N7O. The van der Waals surface area contributed by atoms with Gasteiger partial charge in [0.25, 0.3) is 0 Å². The Hall–Kier alpha value is -1.96. The highest BCUT2D eigenvalue weighted by Crippen LogP contribution is 2.26. The molecule has 2 N–H and O–H groups in total. The maximum Gasteiger partial charge on any atom is 0.229 e. The van der Waals surface area contributed by atoms with Crippen LogP contribution >= 0.6 is 0 Å². The average Bonchev–Trinajstić information content (AvgIpc) is 2.52. The Balaban J connectivity index is 2.05. The number of hydrogen-bond acceptors (Lipinski definition) is 7. The van der Waals surface area contributed by atoms with E-state index < -0.39 is 0 Å². The van der Waals surface area contributed by atoms with E-state index in [0.717, 1.165) is 25.9 Å². The van der Waals surface area contributed by atoms with Crippen molar-refractivity contribution in [2.24, 2.45) is 5.92 Å². The van der Waals surface area contributed by atoms with E-state index in [1.54, 1.807) is 4.90 Å². The van der Waals surface area contributed by atoms with Crippen LogP contribution in [-0.2, 0) is 4.79 Å². The number of rotatable bonds is 4. The highest BCUT2D eigenvalue weighted by molar-refractivity contribution is 5.78. The Kier molecular flexibility index (Phi) is 5.35. The van der Waals surface area contributed by atoms with Crippen LogP contribution in [0.15, 0.2) is 0 Å². The highest BCUT2D eigenvalue weighted by atomic mass is 16.2. The number of anilines is 2. The van der Waals surface area contributed by atoms with Gasteiger partial charge in [-0.1, -0.05) is 0 Å². The van der Waals surface area contributed by atoms with Crippen molar-refractivity contribution in [2.75, 3.05) is 51.9 Å². The molecule has 1 fully saturated rings. The zero-order valence-corrected chi connectivity index (χ0v) is 14.7. The predicted molar refractivity (Wildman–Crippen MR) is 90.0 cm³/mol. The van der Waals surface area contributed by atoms with Crippen molar-refractivity contribution in [3.05, 3.63) is 5.82 Å². The first-order valence-corrected chi connectivity index (χ1v) is 7.93. The van der Waals surface area contributed by atoms with Crippen LogP contribution in [0.4, 0.5) is 11.9 Å². The summed E-state index contributed by atoms with van der Waals surface area (Å²) in [7, 11) is 7.38. The van der Waals surface area contributed by atoms with Gasteiger partial charge in [0.05, 0.1) is 6.04 Å². The zero-order valence-electron chi connectivity index (χ0n) is 14.7. The number of nitrogens with two attached hydrogens (primary N) is 1. The van der Waals surface area contributed by atoms with Crippen LogP contribution in [0.2, 0.25) is 0 Å². The second-order valence-electron chi connectivity index (χ2n) is 6.47. The van der Waals surface area contributed by atoms with Crippen molar-refractivity contribution in [1.82, 2.24) is 24.8 Å². The molecule has 8 heteroatoms. The quantitative estimate of drug-likeness (QED) is 0.857. The van der Waals surface area contributed by atoms with E-state index >= 15 is 0 Å². The number of nitrogens with zero attached hydrogens (tertiary/aromatic N) is 6. The lowest BCUT2D eigenvalue weighted by atomic mass is 9.94. The lowest BCUT2D eigenvalue weighted by Gasteiger charge is -2.35. The van der Waals surface area contributed by atoms with E-state index in [2.05, 4.69) is 26.8 Å². The Morgan fingerprint density at radius 3 is 2.30 bits per heavy atom. The number of carbonyl (C=O) groups excluding carboxylic acids is 1. The molecule has 0 bridgehead atoms. The molecule has 1 aliphatic rings. The van der Waals surface area contributed by atoms with Gasteiger partial charge >= 0.3 is 0 Å². The minimum absolute atomic E-state index is 0.0504. The van der Waals surface area contributed by atoms with E-state index in [0.29, 0.717) is 11.8 Å². The summed E-state index contributed by atoms with van der Waals surface area (Å²) in [6.45, 7) is 3.78. The van der Waals surface area contributed by atoms with Crippen molar-refractivity contribution in [3.63, 3.8) is 0 Å². The second-order valence-corrected chi connectivity index (χ2v) is 6.47. The van der Waals surface area contributed by atoms with Crippen molar-refractivity contribution < 1.29 is 4.79 Å². The predicted octanol–water partition coefficient (Wildman–Crippen LogP) is 0.381. The van der Waals surface area contributed by atoms with E-state index in [4.69, 9.17) is 5.73 Å². The van der Waals surface area contributed by atoms with Crippen molar-refractivity contribution in [2.45, 2.75) is 25.8 Å². The van der Waals surface area contributed by atoms with Crippen LogP contribution in [-0.4, -0.2) is 71.9 Å². The van der Waals surface area contributed by atoms with Crippen LogP contribution in [0.3, 0.4) is 0 Å². The van der Waals surface area contributed by atoms with Gasteiger partial charge in [0.15, 0.2) is 5.82 Å². The Morgan fingerprint density at radius 2 is 1.78 bits per heavy atom. The van der Waals surface area contributed by atoms with Crippen LogP contribution in [0.25, 0.3) is 0 Å². The molecule has 1 aromatic rings. The van der Waals surface area contributed by atoms with Gasteiger partial charge in [0.2, 0.25) is 17.8 Å². The molecule has 1 aromatic heterocycles. The van der Waals surface area contributed by atoms with E-state index in [1.807, 2.05) is 33.1 Å². The average molecular weight is 321 g/mol. The maximum atomic E-state index is 12.1. The van der Waals surface area contributed by atoms with Crippen LogP contribution in [0.1, 0.15) is 31.6 Å². The zero-order chi connectivity index (χ0) is 17.1. The first-order valence-electron chi connectivity index (χ1n) is 7.93. The number of amides is 1. The van der Waals surface area contributed by atoms with Crippen LogP contribution in [0.5, 0.6) is 0 Å². The summed E-state index contributed by atoms with van der Waals surface area (Å²) in [5.41, 5.74) is 5.80. The van der Waals surface area contributed by atoms with Crippen LogP contribution < -0.4 is 10.6 Å². The fourth-order valence-electron chi connectivity index (χ4n) is 2.85. The number of nitrogen functional groups attached to an aromatic ring is 1. The smallest absolute Gasteiger partial charge is 0.229 e. The molecule has 2 heterocycles. The standard InChI is InChI=1S/C15H27N7O/c1-10(12-17-14(16)19-15(18-12)21(4)5)22-8-6-11(7-9-22)13(23)20(2)3/h10-11H,6-9H2,1-5H3,(H2,16,17,18,19)/t10-/m0/s1. The van der Waals surface area contributed by atoms with E-state index in [9.17, 15) is 4.79 Å². The summed E-state index contributed by atoms with van der Waals surface area (Å²) in [5.74, 6) is 1.82. The van der Waals surface area contributed by atoms with Crippen molar-refractivity contribution in [3.8, 4) is 0 Å². The van der Waals surface area contributed by atoms with Gasteiger partial charge in [-0.15, -0.1) is 0 Å². The van der Waals surface area contributed by atoms with Crippen molar-refractivity contribution >= 4 is 17.8 Å². The first-order chi connectivity index (χ1) is 10.8. The molecule has 8 nitrogen and oxygen atoms in total. The molecule has 23 heavy (non-hydrogen) atoms. The third-order valence-electron chi connectivity index (χ3n) is 4.30. The molecule has 0 aliphatic carbocycles. The van der Waals surface area contributed by atoms with Crippen LogP contribution in [0, 0.1) is 5.92 Å². The topological polar surface area (TPSA) is 91.5 Å². The Labute approximate surface area is 137 Å². The fourth-order valence-corrected chi connectivity index (χ4v) is 2.85. The summed E-state index contributed by atoms with van der Waals surface area (Å²) >= 11 is 0. The van der Waals surface area contributed by atoms with Gasteiger partial charge in [-0.3, -0.25) is 9.69 Å². The summed E-state index contributed by atoms with van der Waals surface area (Å²) in [6, 6.07) is 0.0504. The minimum Gasteiger partial charge on any atom is -0.368 e. The summed E-state index contributed by atoms with van der Waals surface area (Å²) in [6.07, 6.45) is 1.73. The summed E-state index contributed by atoms with van der Waals surface area (Å²) in [5, 5.41) is 0. The number of aromatic nitrogens is 3. The molecule has 0 radical (unpaired) electrons. The Morgan fingerprint density at radius 1 is 1.17 bits per heavy atom. The minimum atomic E-state index is 0.0504. The van der Waals surface area contributed by atoms with Gasteiger partial charge in [0.1, 0.15) is 0 Å². The lowest BCUT2D eigenvalue weighted by molar-refractivity contribution is -0.134. The summed E-state index contributed by atoms with van der Waals surface area (Å²) in [4.78, 5) is 30.8. The largest absolute Gasteiger partial charge is 0.368 e. The SMILES string of the molecule is C[C@@H](c1nc(N)nc(N(C)C)n1)N1CCC(C(=O)N(C)C)CC1. The third kappa shape index (κ3) is 4.07. The van der Waals surface area contributed by atoms with E-state index in [1.165, 1.54) is 0 Å². The Bertz CT molecular complexity index is 553. The molecule has 1 aliphatic heterocycles. The molecule has 0 spiro atoms. The number of carbonyl (C=O) groups is 1. The summed E-state index contributed by atoms with van der Waals surface area (Å²) < 4.78 is 0. The molecule has 2 rings (SSSR count). The highest BCUT2D eigenvalue weighted by Gasteiger charge is 2.29. The molecule has 0 unspecified atom stereocenters. The fraction of sp³-hybridized carbons (Fsp3) is 0.733. The van der Waals surface area contributed by atoms with Gasteiger partial charge in [-0.25, -0.2) is 0 Å². The normalized spacial score (nSPS) is 17.8. The maximum absolute atomic E-state index is 12.1. The first kappa shape index (κ1) is 17.4. The lowest BCUT2D eigenvalue weighted by Crippen LogP contribution is -2.41. The van der Waals surface area contributed by atoms with Gasteiger partial charge in [-0.2, -0.15) is 15.0 Å². The van der Waals surface area contributed by atoms with Gasteiger partial charge in [0, 0.05) is 34.1 Å². The molecule has 1 saturated heterocycles. The number of hydrogen-bond donors (Lipinski definition) is 1. The molecule has 0 saturated carbocycles.